The fraction of sp³-hybridized carbons (Fsp3) is 1.00. The minimum Gasteiger partial charge on any atom is -0.311 e. The van der Waals surface area contributed by atoms with Crippen molar-refractivity contribution in [3.05, 3.63) is 0 Å². The molecule has 3 saturated heterocycles. The molecule has 4 unspecified atom stereocenters. The first kappa shape index (κ1) is 13.8. The van der Waals surface area contributed by atoms with Gasteiger partial charge in [0, 0.05) is 43.8 Å². The van der Waals surface area contributed by atoms with Gasteiger partial charge in [-0.1, -0.05) is 20.8 Å². The highest BCUT2D eigenvalue weighted by Crippen LogP contribution is 2.33. The quantitative estimate of drug-likeness (QED) is 0.841. The zero-order valence-electron chi connectivity index (χ0n) is 12.9. The van der Waals surface area contributed by atoms with Gasteiger partial charge >= 0.3 is 0 Å². The van der Waals surface area contributed by atoms with E-state index in [1.54, 1.807) is 0 Å². The SMILES string of the molecule is CCC1CNC(C(C)C)CN1C1CCN2CCCC12. The Morgan fingerprint density at radius 1 is 1.16 bits per heavy atom. The Bertz CT molecular complexity index is 304. The zero-order chi connectivity index (χ0) is 13.4. The van der Waals surface area contributed by atoms with Gasteiger partial charge < -0.3 is 5.32 Å². The number of nitrogens with zero attached hydrogens (tertiary/aromatic N) is 2. The van der Waals surface area contributed by atoms with Crippen LogP contribution in [0.2, 0.25) is 0 Å². The first-order chi connectivity index (χ1) is 9.20. The van der Waals surface area contributed by atoms with E-state index >= 15 is 0 Å². The number of piperazine rings is 1. The van der Waals surface area contributed by atoms with Crippen LogP contribution in [0.1, 0.15) is 46.5 Å². The third-order valence-corrected chi connectivity index (χ3v) is 5.76. The minimum atomic E-state index is 0.693. The van der Waals surface area contributed by atoms with Crippen molar-refractivity contribution < 1.29 is 0 Å². The van der Waals surface area contributed by atoms with E-state index in [1.165, 1.54) is 51.9 Å². The summed E-state index contributed by atoms with van der Waals surface area (Å²) in [6.45, 7) is 12.3. The van der Waals surface area contributed by atoms with Gasteiger partial charge in [0.25, 0.3) is 0 Å². The molecule has 0 aromatic carbocycles. The molecule has 0 radical (unpaired) electrons. The van der Waals surface area contributed by atoms with Crippen LogP contribution in [0.15, 0.2) is 0 Å². The average Bonchev–Trinajstić information content (AvgIpc) is 3.00. The predicted molar refractivity (Wildman–Crippen MR) is 80.4 cm³/mol. The topological polar surface area (TPSA) is 18.5 Å². The Labute approximate surface area is 118 Å². The maximum absolute atomic E-state index is 3.78. The van der Waals surface area contributed by atoms with Crippen LogP contribution in [0.25, 0.3) is 0 Å². The summed E-state index contributed by atoms with van der Waals surface area (Å²) in [4.78, 5) is 5.64. The van der Waals surface area contributed by atoms with Crippen LogP contribution in [0.3, 0.4) is 0 Å². The lowest BCUT2D eigenvalue weighted by atomic mass is 9.94. The summed E-state index contributed by atoms with van der Waals surface area (Å²) < 4.78 is 0. The Morgan fingerprint density at radius 3 is 2.74 bits per heavy atom. The van der Waals surface area contributed by atoms with E-state index in [-0.39, 0.29) is 0 Å². The molecule has 0 aromatic heterocycles. The molecule has 4 atom stereocenters. The second-order valence-electron chi connectivity index (χ2n) is 7.12. The zero-order valence-corrected chi connectivity index (χ0v) is 12.9. The van der Waals surface area contributed by atoms with E-state index in [2.05, 4.69) is 35.9 Å². The Balaban J connectivity index is 1.72. The summed E-state index contributed by atoms with van der Waals surface area (Å²) in [5.41, 5.74) is 0. The molecule has 3 heteroatoms. The molecule has 0 saturated carbocycles. The van der Waals surface area contributed by atoms with E-state index in [0.717, 1.165) is 24.0 Å². The highest BCUT2D eigenvalue weighted by molar-refractivity contribution is 5.01. The molecule has 0 spiro atoms. The number of hydrogen-bond donors (Lipinski definition) is 1. The molecule has 3 aliphatic heterocycles. The molecule has 3 fully saturated rings. The van der Waals surface area contributed by atoms with Crippen molar-refractivity contribution in [1.82, 2.24) is 15.1 Å². The van der Waals surface area contributed by atoms with E-state index in [1.807, 2.05) is 0 Å². The van der Waals surface area contributed by atoms with Crippen molar-refractivity contribution in [3.8, 4) is 0 Å². The molecule has 3 heterocycles. The lowest BCUT2D eigenvalue weighted by Gasteiger charge is -2.46. The minimum absolute atomic E-state index is 0.693. The molecule has 3 rings (SSSR count). The first-order valence-electron chi connectivity index (χ1n) is 8.44. The predicted octanol–water partition coefficient (Wildman–Crippen LogP) is 1.93. The third kappa shape index (κ3) is 2.57. The van der Waals surface area contributed by atoms with Crippen molar-refractivity contribution in [2.45, 2.75) is 70.6 Å². The van der Waals surface area contributed by atoms with Crippen molar-refractivity contribution in [2.75, 3.05) is 26.2 Å². The van der Waals surface area contributed by atoms with Crippen LogP contribution in [-0.2, 0) is 0 Å². The van der Waals surface area contributed by atoms with Gasteiger partial charge in [0.05, 0.1) is 0 Å². The van der Waals surface area contributed by atoms with Gasteiger partial charge in [-0.15, -0.1) is 0 Å². The van der Waals surface area contributed by atoms with E-state index < -0.39 is 0 Å². The first-order valence-corrected chi connectivity index (χ1v) is 8.44. The second kappa shape index (κ2) is 5.71. The lowest BCUT2D eigenvalue weighted by molar-refractivity contribution is 0.0539. The van der Waals surface area contributed by atoms with Crippen molar-refractivity contribution in [2.24, 2.45) is 5.92 Å². The third-order valence-electron chi connectivity index (χ3n) is 5.76. The summed E-state index contributed by atoms with van der Waals surface area (Å²) in [6, 6.07) is 3.18. The normalized spacial score (nSPS) is 41.1. The van der Waals surface area contributed by atoms with Gasteiger partial charge in [-0.2, -0.15) is 0 Å². The van der Waals surface area contributed by atoms with Gasteiger partial charge in [-0.25, -0.2) is 0 Å². The maximum Gasteiger partial charge on any atom is 0.0267 e. The molecule has 3 nitrogen and oxygen atoms in total. The van der Waals surface area contributed by atoms with Gasteiger partial charge in [0.1, 0.15) is 0 Å². The fourth-order valence-electron chi connectivity index (χ4n) is 4.52. The standard InChI is InChI=1S/C16H31N3/c1-4-13-10-17-14(12(2)3)11-19(13)16-7-9-18-8-5-6-15(16)18/h12-17H,4-11H2,1-3H3. The van der Waals surface area contributed by atoms with Gasteiger partial charge in [0.2, 0.25) is 0 Å². The second-order valence-corrected chi connectivity index (χ2v) is 7.12. The number of hydrogen-bond acceptors (Lipinski definition) is 3. The highest BCUT2D eigenvalue weighted by Gasteiger charge is 2.43. The van der Waals surface area contributed by atoms with Crippen molar-refractivity contribution in [3.63, 3.8) is 0 Å². The average molecular weight is 265 g/mol. The molecule has 19 heavy (non-hydrogen) atoms. The molecular formula is C16H31N3. The molecule has 0 aliphatic carbocycles. The maximum atomic E-state index is 3.78. The largest absolute Gasteiger partial charge is 0.311 e. The molecule has 110 valence electrons. The molecule has 3 aliphatic rings. The smallest absolute Gasteiger partial charge is 0.0267 e. The van der Waals surface area contributed by atoms with Crippen LogP contribution in [0, 0.1) is 5.92 Å². The monoisotopic (exact) mass is 265 g/mol. The summed E-state index contributed by atoms with van der Waals surface area (Å²) in [5.74, 6) is 0.751. The van der Waals surface area contributed by atoms with Crippen LogP contribution in [0.5, 0.6) is 0 Å². The molecule has 0 bridgehead atoms. The van der Waals surface area contributed by atoms with Crippen molar-refractivity contribution in [1.29, 1.82) is 0 Å². The van der Waals surface area contributed by atoms with Crippen molar-refractivity contribution >= 4 is 0 Å². The van der Waals surface area contributed by atoms with Crippen LogP contribution in [-0.4, -0.2) is 60.1 Å². The molecular weight excluding hydrogens is 234 g/mol. The van der Waals surface area contributed by atoms with E-state index in [0.29, 0.717) is 6.04 Å². The van der Waals surface area contributed by atoms with Gasteiger partial charge in [-0.05, 0) is 38.1 Å². The van der Waals surface area contributed by atoms with E-state index in [4.69, 9.17) is 0 Å². The lowest BCUT2D eigenvalue weighted by Crippen LogP contribution is -2.62. The summed E-state index contributed by atoms with van der Waals surface area (Å²) in [6.07, 6.45) is 5.57. The fourth-order valence-corrected chi connectivity index (χ4v) is 4.52. The molecule has 0 aromatic rings. The number of nitrogens with one attached hydrogen (secondary N) is 1. The summed E-state index contributed by atoms with van der Waals surface area (Å²) in [7, 11) is 0. The van der Waals surface area contributed by atoms with Gasteiger partial charge in [0.15, 0.2) is 0 Å². The summed E-state index contributed by atoms with van der Waals surface area (Å²) in [5, 5.41) is 3.78. The van der Waals surface area contributed by atoms with Crippen LogP contribution < -0.4 is 5.32 Å². The van der Waals surface area contributed by atoms with Crippen LogP contribution in [0.4, 0.5) is 0 Å². The van der Waals surface area contributed by atoms with Crippen LogP contribution >= 0.6 is 0 Å². The number of fused-ring (bicyclic) bond motifs is 1. The molecule has 0 amide bonds. The Kier molecular flexibility index (Phi) is 4.16. The van der Waals surface area contributed by atoms with Gasteiger partial charge in [-0.3, -0.25) is 9.80 Å². The Morgan fingerprint density at radius 2 is 2.00 bits per heavy atom. The van der Waals surface area contributed by atoms with E-state index in [9.17, 15) is 0 Å². The summed E-state index contributed by atoms with van der Waals surface area (Å²) >= 11 is 0. The molecule has 1 N–H and O–H groups in total. The highest BCUT2D eigenvalue weighted by atomic mass is 15.3. The Hall–Kier alpha value is -0.120. The number of rotatable bonds is 3.